The van der Waals surface area contributed by atoms with Crippen LogP contribution in [0.2, 0.25) is 0 Å². The molecule has 3 heterocycles. The standard InChI is InChI=1S/C27H28N4O5S/c1-18-5-9-22(10-6-18)37(33,34)31-14-12-23-24(31)28-17-29-25(23)35-21-8-7-19-11-13-30(16-20(19)15-21)26(32)36-27(2,3)4/h5-10,12,14-15,17H,11,13,16H2,1-4H3. The van der Waals surface area contributed by atoms with Crippen molar-refractivity contribution in [3.05, 3.63) is 77.7 Å². The van der Waals surface area contributed by atoms with Crippen molar-refractivity contribution in [1.29, 1.82) is 0 Å². The molecule has 0 atom stereocenters. The first-order valence-corrected chi connectivity index (χ1v) is 13.4. The van der Waals surface area contributed by atoms with Crippen molar-refractivity contribution in [3.63, 3.8) is 0 Å². The monoisotopic (exact) mass is 520 g/mol. The average molecular weight is 521 g/mol. The molecule has 0 unspecified atom stereocenters. The second-order valence-corrected chi connectivity index (χ2v) is 11.8. The van der Waals surface area contributed by atoms with Gasteiger partial charge in [-0.15, -0.1) is 0 Å². The van der Waals surface area contributed by atoms with E-state index in [1.807, 2.05) is 45.9 Å². The third kappa shape index (κ3) is 5.01. The maximum Gasteiger partial charge on any atom is 0.410 e. The highest BCUT2D eigenvalue weighted by Gasteiger charge is 2.26. The predicted octanol–water partition coefficient (Wildman–Crippen LogP) is 5.06. The second-order valence-electron chi connectivity index (χ2n) is 10.0. The average Bonchev–Trinajstić information content (AvgIpc) is 3.29. The maximum absolute atomic E-state index is 13.2. The van der Waals surface area contributed by atoms with E-state index in [0.717, 1.165) is 20.7 Å². The molecular weight excluding hydrogens is 492 g/mol. The van der Waals surface area contributed by atoms with Crippen LogP contribution in [-0.2, 0) is 27.7 Å². The Balaban J connectivity index is 1.42. The molecule has 192 valence electrons. The number of hydrogen-bond acceptors (Lipinski definition) is 7. The van der Waals surface area contributed by atoms with Gasteiger partial charge in [0.2, 0.25) is 5.88 Å². The number of fused-ring (bicyclic) bond motifs is 2. The molecule has 37 heavy (non-hydrogen) atoms. The highest BCUT2D eigenvalue weighted by molar-refractivity contribution is 7.90. The first-order chi connectivity index (χ1) is 17.5. The molecule has 0 saturated heterocycles. The predicted molar refractivity (Wildman–Crippen MR) is 138 cm³/mol. The lowest BCUT2D eigenvalue weighted by Crippen LogP contribution is -2.39. The highest BCUT2D eigenvalue weighted by Crippen LogP contribution is 2.32. The molecule has 1 amide bonds. The Hall–Kier alpha value is -3.92. The Bertz CT molecular complexity index is 1590. The number of rotatable bonds is 4. The van der Waals surface area contributed by atoms with Gasteiger partial charge in [-0.1, -0.05) is 23.8 Å². The first-order valence-electron chi connectivity index (χ1n) is 11.9. The van der Waals surface area contributed by atoms with Crippen LogP contribution in [0.4, 0.5) is 4.79 Å². The summed E-state index contributed by atoms with van der Waals surface area (Å²) in [5.74, 6) is 0.765. The zero-order valence-electron chi connectivity index (χ0n) is 21.1. The first kappa shape index (κ1) is 24.8. The van der Waals surface area contributed by atoms with Crippen molar-refractivity contribution in [2.24, 2.45) is 0 Å². The summed E-state index contributed by atoms with van der Waals surface area (Å²) in [5.41, 5.74) is 2.72. The number of ether oxygens (including phenoxy) is 2. The van der Waals surface area contributed by atoms with Crippen LogP contribution in [0.1, 0.15) is 37.5 Å². The second kappa shape index (κ2) is 9.19. The minimum absolute atomic E-state index is 0.168. The van der Waals surface area contributed by atoms with Crippen LogP contribution in [0.5, 0.6) is 11.6 Å². The van der Waals surface area contributed by atoms with Crippen LogP contribution in [0.3, 0.4) is 0 Å². The zero-order chi connectivity index (χ0) is 26.4. The van der Waals surface area contributed by atoms with E-state index in [2.05, 4.69) is 9.97 Å². The summed E-state index contributed by atoms with van der Waals surface area (Å²) in [7, 11) is -3.85. The molecular formula is C27H28N4O5S. The summed E-state index contributed by atoms with van der Waals surface area (Å²) >= 11 is 0. The van der Waals surface area contributed by atoms with Gasteiger partial charge in [-0.25, -0.2) is 27.2 Å². The molecule has 2 aromatic carbocycles. The third-order valence-corrected chi connectivity index (χ3v) is 7.73. The van der Waals surface area contributed by atoms with E-state index >= 15 is 0 Å². The van der Waals surface area contributed by atoms with E-state index in [0.29, 0.717) is 30.6 Å². The number of amides is 1. The minimum Gasteiger partial charge on any atom is -0.444 e. The maximum atomic E-state index is 13.2. The van der Waals surface area contributed by atoms with E-state index < -0.39 is 15.6 Å². The summed E-state index contributed by atoms with van der Waals surface area (Å²) in [4.78, 5) is 22.9. The molecule has 2 aromatic heterocycles. The lowest BCUT2D eigenvalue weighted by molar-refractivity contribution is 0.0223. The molecule has 0 N–H and O–H groups in total. The number of carbonyl (C=O) groups excluding carboxylic acids is 1. The Morgan fingerprint density at radius 1 is 1.00 bits per heavy atom. The Labute approximate surface area is 215 Å². The van der Waals surface area contributed by atoms with E-state index in [1.54, 1.807) is 35.2 Å². The van der Waals surface area contributed by atoms with Crippen LogP contribution in [-0.4, -0.2) is 45.5 Å². The van der Waals surface area contributed by atoms with Gasteiger partial charge in [0.25, 0.3) is 10.0 Å². The summed E-state index contributed by atoms with van der Waals surface area (Å²) in [6.07, 6.45) is 3.10. The molecule has 9 nitrogen and oxygen atoms in total. The molecule has 4 aromatic rings. The van der Waals surface area contributed by atoms with Gasteiger partial charge in [-0.3, -0.25) is 0 Å². The molecule has 0 spiro atoms. The number of nitrogens with zero attached hydrogens (tertiary/aromatic N) is 4. The van der Waals surface area contributed by atoms with Crippen molar-refractivity contribution < 1.29 is 22.7 Å². The fourth-order valence-electron chi connectivity index (χ4n) is 4.19. The van der Waals surface area contributed by atoms with E-state index in [1.165, 1.54) is 12.5 Å². The fourth-order valence-corrected chi connectivity index (χ4v) is 5.50. The zero-order valence-corrected chi connectivity index (χ0v) is 21.9. The van der Waals surface area contributed by atoms with Gasteiger partial charge in [-0.05, 0) is 75.6 Å². The largest absolute Gasteiger partial charge is 0.444 e. The van der Waals surface area contributed by atoms with Gasteiger partial charge < -0.3 is 14.4 Å². The number of benzene rings is 2. The van der Waals surface area contributed by atoms with Gasteiger partial charge >= 0.3 is 6.09 Å². The van der Waals surface area contributed by atoms with Gasteiger partial charge in [0.05, 0.1) is 10.3 Å². The number of aromatic nitrogens is 3. The van der Waals surface area contributed by atoms with E-state index in [-0.39, 0.29) is 22.5 Å². The highest BCUT2D eigenvalue weighted by atomic mass is 32.2. The Morgan fingerprint density at radius 3 is 2.49 bits per heavy atom. The number of aryl methyl sites for hydroxylation is 1. The summed E-state index contributed by atoms with van der Waals surface area (Å²) in [6, 6.07) is 14.0. The van der Waals surface area contributed by atoms with E-state index in [9.17, 15) is 13.2 Å². The topological polar surface area (TPSA) is 104 Å². The molecule has 0 aliphatic carbocycles. The molecule has 0 saturated carbocycles. The molecule has 1 aliphatic rings. The number of carbonyl (C=O) groups is 1. The smallest absolute Gasteiger partial charge is 0.410 e. The molecule has 1 aliphatic heterocycles. The van der Waals surface area contributed by atoms with Crippen LogP contribution in [0, 0.1) is 6.92 Å². The summed E-state index contributed by atoms with van der Waals surface area (Å²) in [5, 5.41) is 0.464. The van der Waals surface area contributed by atoms with Crippen molar-refractivity contribution in [1.82, 2.24) is 18.8 Å². The van der Waals surface area contributed by atoms with Crippen LogP contribution in [0.25, 0.3) is 11.0 Å². The third-order valence-electron chi connectivity index (χ3n) is 6.05. The summed E-state index contributed by atoms with van der Waals surface area (Å²) < 4.78 is 39.2. The SMILES string of the molecule is Cc1ccc(S(=O)(=O)n2ccc3c(Oc4ccc5c(c4)CN(C(=O)OC(C)(C)C)CC5)ncnc32)cc1. The fraction of sp³-hybridized carbons (Fsp3) is 0.296. The van der Waals surface area contributed by atoms with Gasteiger partial charge in [0.15, 0.2) is 5.65 Å². The molecule has 0 bridgehead atoms. The minimum atomic E-state index is -3.85. The van der Waals surface area contributed by atoms with Crippen molar-refractivity contribution in [2.75, 3.05) is 6.54 Å². The molecule has 5 rings (SSSR count). The summed E-state index contributed by atoms with van der Waals surface area (Å²) in [6.45, 7) is 8.42. The van der Waals surface area contributed by atoms with Crippen LogP contribution in [0.15, 0.2) is 66.0 Å². The number of hydrogen-bond donors (Lipinski definition) is 0. The normalized spacial score (nSPS) is 13.9. The molecule has 10 heteroatoms. The lowest BCUT2D eigenvalue weighted by Gasteiger charge is -2.31. The van der Waals surface area contributed by atoms with Gasteiger partial charge in [0.1, 0.15) is 17.7 Å². The Morgan fingerprint density at radius 2 is 1.76 bits per heavy atom. The van der Waals surface area contributed by atoms with E-state index in [4.69, 9.17) is 9.47 Å². The van der Waals surface area contributed by atoms with Crippen LogP contribution < -0.4 is 4.74 Å². The van der Waals surface area contributed by atoms with Crippen molar-refractivity contribution in [2.45, 2.75) is 51.2 Å². The quantitative estimate of drug-likeness (QED) is 0.370. The molecule has 0 fully saturated rings. The van der Waals surface area contributed by atoms with Gasteiger partial charge in [-0.2, -0.15) is 0 Å². The van der Waals surface area contributed by atoms with Crippen molar-refractivity contribution in [3.8, 4) is 11.6 Å². The molecule has 0 radical (unpaired) electrons. The van der Waals surface area contributed by atoms with Crippen LogP contribution >= 0.6 is 0 Å². The van der Waals surface area contributed by atoms with Crippen molar-refractivity contribution >= 4 is 27.1 Å². The Kier molecular flexibility index (Phi) is 6.15. The lowest BCUT2D eigenvalue weighted by atomic mass is 10.00. The van der Waals surface area contributed by atoms with Gasteiger partial charge in [0, 0.05) is 19.3 Å².